The van der Waals surface area contributed by atoms with Crippen molar-refractivity contribution < 1.29 is 4.42 Å². The molecule has 108 valence electrons. The first-order chi connectivity index (χ1) is 10.2. The summed E-state index contributed by atoms with van der Waals surface area (Å²) in [5.74, 6) is 1.92. The SMILES string of the molecule is Cc1ccc([C@@H](C)NCc2ccc(-n3cccn3)cc2)o1. The monoisotopic (exact) mass is 281 g/mol. The fourth-order valence-electron chi connectivity index (χ4n) is 2.25. The van der Waals surface area contributed by atoms with Crippen LogP contribution in [-0.4, -0.2) is 9.78 Å². The number of nitrogens with zero attached hydrogens (tertiary/aromatic N) is 2. The average Bonchev–Trinajstić information content (AvgIpc) is 3.16. The predicted molar refractivity (Wildman–Crippen MR) is 82.3 cm³/mol. The summed E-state index contributed by atoms with van der Waals surface area (Å²) < 4.78 is 7.48. The number of rotatable bonds is 5. The zero-order valence-corrected chi connectivity index (χ0v) is 12.3. The minimum atomic E-state index is 0.199. The average molecular weight is 281 g/mol. The highest BCUT2D eigenvalue weighted by molar-refractivity contribution is 5.33. The molecule has 1 aromatic carbocycles. The van der Waals surface area contributed by atoms with Crippen LogP contribution >= 0.6 is 0 Å². The van der Waals surface area contributed by atoms with Crippen molar-refractivity contribution in [3.63, 3.8) is 0 Å². The van der Waals surface area contributed by atoms with Crippen LogP contribution in [0.1, 0.15) is 30.0 Å². The van der Waals surface area contributed by atoms with Crippen molar-refractivity contribution in [3.8, 4) is 5.69 Å². The molecule has 0 fully saturated rings. The number of aromatic nitrogens is 2. The van der Waals surface area contributed by atoms with Gasteiger partial charge in [0.05, 0.1) is 11.7 Å². The van der Waals surface area contributed by atoms with E-state index >= 15 is 0 Å². The summed E-state index contributed by atoms with van der Waals surface area (Å²) in [6, 6.07) is 14.5. The van der Waals surface area contributed by atoms with Crippen LogP contribution in [0.25, 0.3) is 5.69 Å². The second-order valence-corrected chi connectivity index (χ2v) is 5.17. The van der Waals surface area contributed by atoms with Gasteiger partial charge in [-0.3, -0.25) is 0 Å². The Kier molecular flexibility index (Phi) is 3.88. The molecule has 0 amide bonds. The van der Waals surface area contributed by atoms with E-state index in [-0.39, 0.29) is 6.04 Å². The summed E-state index contributed by atoms with van der Waals surface area (Å²) in [5.41, 5.74) is 2.31. The highest BCUT2D eigenvalue weighted by Gasteiger charge is 2.08. The van der Waals surface area contributed by atoms with E-state index in [2.05, 4.69) is 41.6 Å². The molecule has 21 heavy (non-hydrogen) atoms. The van der Waals surface area contributed by atoms with Crippen molar-refractivity contribution in [2.45, 2.75) is 26.4 Å². The lowest BCUT2D eigenvalue weighted by Crippen LogP contribution is -2.17. The van der Waals surface area contributed by atoms with Gasteiger partial charge >= 0.3 is 0 Å². The van der Waals surface area contributed by atoms with Gasteiger partial charge in [-0.25, -0.2) is 4.68 Å². The number of hydrogen-bond acceptors (Lipinski definition) is 3. The van der Waals surface area contributed by atoms with Crippen LogP contribution in [0.15, 0.2) is 59.3 Å². The number of furan rings is 1. The fourth-order valence-corrected chi connectivity index (χ4v) is 2.25. The van der Waals surface area contributed by atoms with E-state index in [1.54, 1.807) is 6.20 Å². The number of hydrogen-bond donors (Lipinski definition) is 1. The lowest BCUT2D eigenvalue weighted by molar-refractivity contribution is 0.416. The van der Waals surface area contributed by atoms with Crippen LogP contribution < -0.4 is 5.32 Å². The largest absolute Gasteiger partial charge is 0.465 e. The third-order valence-corrected chi connectivity index (χ3v) is 3.51. The maximum absolute atomic E-state index is 5.63. The molecule has 0 bridgehead atoms. The van der Waals surface area contributed by atoms with Crippen LogP contribution in [0.2, 0.25) is 0 Å². The van der Waals surface area contributed by atoms with E-state index in [1.165, 1.54) is 5.56 Å². The van der Waals surface area contributed by atoms with Crippen molar-refractivity contribution in [2.24, 2.45) is 0 Å². The molecule has 3 aromatic rings. The van der Waals surface area contributed by atoms with E-state index in [1.807, 2.05) is 36.0 Å². The molecular formula is C17H19N3O. The molecule has 3 rings (SSSR count). The Morgan fingerprint density at radius 1 is 1.19 bits per heavy atom. The minimum Gasteiger partial charge on any atom is -0.465 e. The Labute approximate surface area is 124 Å². The summed E-state index contributed by atoms with van der Waals surface area (Å²) in [7, 11) is 0. The van der Waals surface area contributed by atoms with E-state index in [0.29, 0.717) is 0 Å². The third kappa shape index (κ3) is 3.23. The van der Waals surface area contributed by atoms with E-state index < -0.39 is 0 Å². The number of nitrogens with one attached hydrogen (secondary N) is 1. The number of aryl methyl sites for hydroxylation is 1. The van der Waals surface area contributed by atoms with E-state index in [4.69, 9.17) is 4.42 Å². The van der Waals surface area contributed by atoms with Crippen molar-refractivity contribution in [3.05, 3.63) is 71.9 Å². The molecule has 0 aliphatic rings. The Morgan fingerprint density at radius 3 is 2.62 bits per heavy atom. The first kappa shape index (κ1) is 13.6. The van der Waals surface area contributed by atoms with Gasteiger partial charge in [-0.2, -0.15) is 5.10 Å². The quantitative estimate of drug-likeness (QED) is 0.776. The maximum atomic E-state index is 5.63. The zero-order valence-electron chi connectivity index (χ0n) is 12.3. The molecule has 0 spiro atoms. The highest BCUT2D eigenvalue weighted by Crippen LogP contribution is 2.16. The normalized spacial score (nSPS) is 12.5. The second-order valence-electron chi connectivity index (χ2n) is 5.17. The van der Waals surface area contributed by atoms with Gasteiger partial charge in [0, 0.05) is 18.9 Å². The van der Waals surface area contributed by atoms with Crippen molar-refractivity contribution in [1.82, 2.24) is 15.1 Å². The van der Waals surface area contributed by atoms with Gasteiger partial charge in [-0.1, -0.05) is 12.1 Å². The number of benzene rings is 1. The van der Waals surface area contributed by atoms with Crippen molar-refractivity contribution >= 4 is 0 Å². The van der Waals surface area contributed by atoms with Crippen molar-refractivity contribution in [1.29, 1.82) is 0 Å². The molecule has 4 heteroatoms. The lowest BCUT2D eigenvalue weighted by atomic mass is 10.2. The van der Waals surface area contributed by atoms with E-state index in [9.17, 15) is 0 Å². The molecule has 0 aliphatic heterocycles. The Bertz CT molecular complexity index is 683. The van der Waals surface area contributed by atoms with Crippen LogP contribution in [0.5, 0.6) is 0 Å². The summed E-state index contributed by atoms with van der Waals surface area (Å²) >= 11 is 0. The van der Waals surface area contributed by atoms with Gasteiger partial charge in [0.1, 0.15) is 11.5 Å². The predicted octanol–water partition coefficient (Wildman–Crippen LogP) is 3.62. The van der Waals surface area contributed by atoms with Gasteiger partial charge in [0.25, 0.3) is 0 Å². The molecular weight excluding hydrogens is 262 g/mol. The molecule has 0 saturated carbocycles. The Balaban J connectivity index is 1.61. The molecule has 2 heterocycles. The zero-order chi connectivity index (χ0) is 14.7. The Hall–Kier alpha value is -2.33. The molecule has 1 N–H and O–H groups in total. The smallest absolute Gasteiger partial charge is 0.120 e. The summed E-state index contributed by atoms with van der Waals surface area (Å²) in [5, 5.41) is 7.69. The summed E-state index contributed by atoms with van der Waals surface area (Å²) in [6.07, 6.45) is 3.72. The van der Waals surface area contributed by atoms with Gasteiger partial charge in [0.15, 0.2) is 0 Å². The topological polar surface area (TPSA) is 43.0 Å². The molecule has 2 aromatic heterocycles. The second kappa shape index (κ2) is 5.97. The van der Waals surface area contributed by atoms with Crippen LogP contribution in [0, 0.1) is 6.92 Å². The standard InChI is InChI=1S/C17H19N3O/c1-13-4-9-17(21-13)14(2)18-12-15-5-7-16(8-6-15)20-11-3-10-19-20/h3-11,14,18H,12H2,1-2H3/t14-/m1/s1. The van der Waals surface area contributed by atoms with Crippen LogP contribution in [0.4, 0.5) is 0 Å². The van der Waals surface area contributed by atoms with E-state index in [0.717, 1.165) is 23.8 Å². The minimum absolute atomic E-state index is 0.199. The Morgan fingerprint density at radius 2 is 2.00 bits per heavy atom. The molecule has 1 atom stereocenters. The highest BCUT2D eigenvalue weighted by atomic mass is 16.3. The molecule has 0 radical (unpaired) electrons. The fraction of sp³-hybridized carbons (Fsp3) is 0.235. The maximum Gasteiger partial charge on any atom is 0.120 e. The third-order valence-electron chi connectivity index (χ3n) is 3.51. The van der Waals surface area contributed by atoms with Gasteiger partial charge in [0.2, 0.25) is 0 Å². The first-order valence-electron chi connectivity index (χ1n) is 7.11. The lowest BCUT2D eigenvalue weighted by Gasteiger charge is -2.11. The molecule has 0 saturated heterocycles. The van der Waals surface area contributed by atoms with Gasteiger partial charge in [-0.15, -0.1) is 0 Å². The van der Waals surface area contributed by atoms with Gasteiger partial charge in [-0.05, 0) is 49.7 Å². The molecule has 4 nitrogen and oxygen atoms in total. The van der Waals surface area contributed by atoms with Crippen LogP contribution in [-0.2, 0) is 6.54 Å². The first-order valence-corrected chi connectivity index (χ1v) is 7.11. The summed E-state index contributed by atoms with van der Waals surface area (Å²) in [4.78, 5) is 0. The van der Waals surface area contributed by atoms with Crippen molar-refractivity contribution in [2.75, 3.05) is 0 Å². The molecule has 0 aliphatic carbocycles. The van der Waals surface area contributed by atoms with Gasteiger partial charge < -0.3 is 9.73 Å². The van der Waals surface area contributed by atoms with Crippen LogP contribution in [0.3, 0.4) is 0 Å². The molecule has 0 unspecified atom stereocenters. The summed E-state index contributed by atoms with van der Waals surface area (Å²) in [6.45, 7) is 4.88.